The predicted molar refractivity (Wildman–Crippen MR) is 70.6 cm³/mol. The summed E-state index contributed by atoms with van der Waals surface area (Å²) >= 11 is 0. The lowest BCUT2D eigenvalue weighted by Crippen LogP contribution is -2.17. The minimum atomic E-state index is 0.321. The maximum atomic E-state index is 5.73. The van der Waals surface area contributed by atoms with Crippen LogP contribution in [0.2, 0.25) is 0 Å². The molecular weight excluding hydrogens is 226 g/mol. The summed E-state index contributed by atoms with van der Waals surface area (Å²) in [5, 5.41) is 0. The number of pyridine rings is 1. The maximum Gasteiger partial charge on any atom is 0.160 e. The van der Waals surface area contributed by atoms with E-state index in [0.29, 0.717) is 12.0 Å². The van der Waals surface area contributed by atoms with Gasteiger partial charge in [-0.2, -0.15) is 0 Å². The van der Waals surface area contributed by atoms with Gasteiger partial charge >= 0.3 is 0 Å². The normalized spacial score (nSPS) is 20.1. The van der Waals surface area contributed by atoms with Crippen LogP contribution >= 0.6 is 0 Å². The quantitative estimate of drug-likeness (QED) is 0.834. The number of fused-ring (bicyclic) bond motifs is 1. The Kier molecular flexibility index (Phi) is 3.04. The molecule has 18 heavy (non-hydrogen) atoms. The number of imidazole rings is 1. The van der Waals surface area contributed by atoms with Gasteiger partial charge in [-0.1, -0.05) is 13.8 Å². The van der Waals surface area contributed by atoms with Gasteiger partial charge in [0.25, 0.3) is 0 Å². The molecule has 1 unspecified atom stereocenters. The summed E-state index contributed by atoms with van der Waals surface area (Å²) < 4.78 is 7.97. The Hall–Kier alpha value is -1.42. The molecule has 3 heterocycles. The fourth-order valence-electron chi connectivity index (χ4n) is 2.59. The SMILES string of the molecule is CC(C)c1nc2cccnc2n1CC1CCCO1. The Bertz CT molecular complexity index is 541. The molecular formula is C14H19N3O. The highest BCUT2D eigenvalue weighted by Crippen LogP contribution is 2.23. The van der Waals surface area contributed by atoms with Gasteiger partial charge in [-0.25, -0.2) is 9.97 Å². The molecule has 0 N–H and O–H groups in total. The first kappa shape index (κ1) is 11.7. The number of nitrogens with zero attached hydrogens (tertiary/aromatic N) is 3. The van der Waals surface area contributed by atoms with Crippen LogP contribution in [0.25, 0.3) is 11.2 Å². The molecule has 3 rings (SSSR count). The molecule has 0 amide bonds. The minimum absolute atomic E-state index is 0.321. The standard InChI is InChI=1S/C14H19N3O/c1-10(2)13-16-12-6-3-7-15-14(12)17(13)9-11-5-4-8-18-11/h3,6-7,10-11H,4-5,8-9H2,1-2H3. The third kappa shape index (κ3) is 2.01. The molecule has 0 bridgehead atoms. The van der Waals surface area contributed by atoms with Crippen LogP contribution in [-0.4, -0.2) is 27.2 Å². The number of ether oxygens (including phenoxy) is 1. The van der Waals surface area contributed by atoms with E-state index in [2.05, 4.69) is 23.4 Å². The van der Waals surface area contributed by atoms with E-state index in [9.17, 15) is 0 Å². The van der Waals surface area contributed by atoms with Crippen molar-refractivity contribution in [1.82, 2.24) is 14.5 Å². The van der Waals surface area contributed by atoms with Gasteiger partial charge in [-0.3, -0.25) is 0 Å². The van der Waals surface area contributed by atoms with E-state index < -0.39 is 0 Å². The van der Waals surface area contributed by atoms with Crippen LogP contribution in [0.1, 0.15) is 38.4 Å². The summed E-state index contributed by atoms with van der Waals surface area (Å²) in [5.74, 6) is 1.51. The van der Waals surface area contributed by atoms with Crippen molar-refractivity contribution in [2.75, 3.05) is 6.61 Å². The number of hydrogen-bond donors (Lipinski definition) is 0. The van der Waals surface area contributed by atoms with E-state index >= 15 is 0 Å². The molecule has 96 valence electrons. The van der Waals surface area contributed by atoms with E-state index in [4.69, 9.17) is 9.72 Å². The van der Waals surface area contributed by atoms with Gasteiger partial charge < -0.3 is 9.30 Å². The second kappa shape index (κ2) is 4.69. The first-order valence-electron chi connectivity index (χ1n) is 6.68. The van der Waals surface area contributed by atoms with E-state index in [1.165, 1.54) is 6.42 Å². The summed E-state index contributed by atoms with van der Waals surface area (Å²) in [6, 6.07) is 3.97. The number of hydrogen-bond acceptors (Lipinski definition) is 3. The summed E-state index contributed by atoms with van der Waals surface area (Å²) in [6.45, 7) is 6.11. The Balaban J connectivity index is 2.03. The molecule has 1 saturated heterocycles. The summed E-state index contributed by atoms with van der Waals surface area (Å²) in [7, 11) is 0. The zero-order valence-electron chi connectivity index (χ0n) is 11.0. The van der Waals surface area contributed by atoms with Crippen LogP contribution < -0.4 is 0 Å². The molecule has 0 aromatic carbocycles. The van der Waals surface area contributed by atoms with Crippen molar-refractivity contribution in [3.8, 4) is 0 Å². The van der Waals surface area contributed by atoms with Crippen molar-refractivity contribution in [2.24, 2.45) is 0 Å². The molecule has 1 aliphatic heterocycles. The van der Waals surface area contributed by atoms with Gasteiger partial charge in [-0.15, -0.1) is 0 Å². The van der Waals surface area contributed by atoms with Crippen molar-refractivity contribution < 1.29 is 4.74 Å². The minimum Gasteiger partial charge on any atom is -0.376 e. The van der Waals surface area contributed by atoms with Crippen LogP contribution in [0.3, 0.4) is 0 Å². The lowest BCUT2D eigenvalue weighted by molar-refractivity contribution is 0.0969. The summed E-state index contributed by atoms with van der Waals surface area (Å²) in [6.07, 6.45) is 4.47. The van der Waals surface area contributed by atoms with Crippen LogP contribution in [0.5, 0.6) is 0 Å². The van der Waals surface area contributed by atoms with E-state index in [-0.39, 0.29) is 0 Å². The van der Waals surface area contributed by atoms with Gasteiger partial charge in [0.15, 0.2) is 5.65 Å². The van der Waals surface area contributed by atoms with Gasteiger partial charge in [0.05, 0.1) is 12.6 Å². The lowest BCUT2D eigenvalue weighted by atomic mass is 10.2. The molecule has 1 fully saturated rings. The van der Waals surface area contributed by atoms with Gasteiger partial charge in [0.1, 0.15) is 11.3 Å². The van der Waals surface area contributed by atoms with Crippen molar-refractivity contribution in [2.45, 2.75) is 45.3 Å². The van der Waals surface area contributed by atoms with Crippen molar-refractivity contribution in [3.05, 3.63) is 24.2 Å². The number of aromatic nitrogens is 3. The molecule has 1 aliphatic rings. The van der Waals surface area contributed by atoms with Crippen LogP contribution in [0, 0.1) is 0 Å². The topological polar surface area (TPSA) is 39.9 Å². The monoisotopic (exact) mass is 245 g/mol. The Morgan fingerprint density at radius 1 is 1.50 bits per heavy atom. The van der Waals surface area contributed by atoms with Crippen molar-refractivity contribution in [3.63, 3.8) is 0 Å². The molecule has 0 radical (unpaired) electrons. The Morgan fingerprint density at radius 2 is 2.39 bits per heavy atom. The third-order valence-corrected chi connectivity index (χ3v) is 3.46. The fraction of sp³-hybridized carbons (Fsp3) is 0.571. The third-order valence-electron chi connectivity index (χ3n) is 3.46. The van der Waals surface area contributed by atoms with E-state index in [1.54, 1.807) is 0 Å². The van der Waals surface area contributed by atoms with Crippen LogP contribution in [-0.2, 0) is 11.3 Å². The second-order valence-electron chi connectivity index (χ2n) is 5.22. The molecule has 2 aromatic heterocycles. The molecule has 0 spiro atoms. The highest BCUT2D eigenvalue weighted by atomic mass is 16.5. The average molecular weight is 245 g/mol. The molecule has 4 heteroatoms. The van der Waals surface area contributed by atoms with Gasteiger partial charge in [-0.05, 0) is 25.0 Å². The molecule has 0 saturated carbocycles. The molecule has 2 aromatic rings. The average Bonchev–Trinajstić information content (AvgIpc) is 2.98. The fourth-order valence-corrected chi connectivity index (χ4v) is 2.59. The molecule has 4 nitrogen and oxygen atoms in total. The Morgan fingerprint density at radius 3 is 3.11 bits per heavy atom. The zero-order chi connectivity index (χ0) is 12.5. The van der Waals surface area contributed by atoms with Crippen molar-refractivity contribution in [1.29, 1.82) is 0 Å². The van der Waals surface area contributed by atoms with Crippen molar-refractivity contribution >= 4 is 11.2 Å². The van der Waals surface area contributed by atoms with Crippen LogP contribution in [0.4, 0.5) is 0 Å². The zero-order valence-corrected chi connectivity index (χ0v) is 11.0. The van der Waals surface area contributed by atoms with E-state index in [0.717, 1.165) is 36.6 Å². The van der Waals surface area contributed by atoms with Gasteiger partial charge in [0.2, 0.25) is 0 Å². The van der Waals surface area contributed by atoms with Gasteiger partial charge in [0, 0.05) is 18.7 Å². The second-order valence-corrected chi connectivity index (χ2v) is 5.22. The van der Waals surface area contributed by atoms with E-state index in [1.807, 2.05) is 18.3 Å². The number of rotatable bonds is 3. The van der Waals surface area contributed by atoms with Crippen LogP contribution in [0.15, 0.2) is 18.3 Å². The smallest absolute Gasteiger partial charge is 0.160 e. The first-order valence-corrected chi connectivity index (χ1v) is 6.68. The molecule has 1 atom stereocenters. The maximum absolute atomic E-state index is 5.73. The predicted octanol–water partition coefficient (Wildman–Crippen LogP) is 2.73. The highest BCUT2D eigenvalue weighted by Gasteiger charge is 2.21. The summed E-state index contributed by atoms with van der Waals surface area (Å²) in [5.41, 5.74) is 1.97. The Labute approximate surface area is 107 Å². The summed E-state index contributed by atoms with van der Waals surface area (Å²) in [4.78, 5) is 9.17. The lowest BCUT2D eigenvalue weighted by Gasteiger charge is -2.15. The molecule has 0 aliphatic carbocycles. The first-order chi connectivity index (χ1) is 8.75. The largest absolute Gasteiger partial charge is 0.376 e. The highest BCUT2D eigenvalue weighted by molar-refractivity contribution is 5.71.